The lowest BCUT2D eigenvalue weighted by molar-refractivity contribution is -0.120. The summed E-state index contributed by atoms with van der Waals surface area (Å²) in [6, 6.07) is 3.90. The van der Waals surface area contributed by atoms with Crippen LogP contribution in [0.1, 0.15) is 18.4 Å². The summed E-state index contributed by atoms with van der Waals surface area (Å²) in [5, 5.41) is 10.5. The molecule has 1 saturated heterocycles. The molecule has 0 radical (unpaired) electrons. The molecule has 3 rings (SSSR count). The quantitative estimate of drug-likeness (QED) is 0.878. The second-order valence-electron chi connectivity index (χ2n) is 5.31. The lowest BCUT2D eigenvalue weighted by atomic mass is 9.99. The molecule has 8 heteroatoms. The third kappa shape index (κ3) is 5.49. The zero-order valence-corrected chi connectivity index (χ0v) is 14.3. The van der Waals surface area contributed by atoms with Crippen LogP contribution in [0.15, 0.2) is 36.9 Å². The Kier molecular flexibility index (Phi) is 8.02. The number of nitrogens with one attached hydrogen (secondary N) is 2. The Bertz CT molecular complexity index is 599. The first-order valence-corrected chi connectivity index (χ1v) is 7.24. The van der Waals surface area contributed by atoms with E-state index in [4.69, 9.17) is 0 Å². The van der Waals surface area contributed by atoms with E-state index in [-0.39, 0.29) is 36.6 Å². The van der Waals surface area contributed by atoms with Crippen LogP contribution in [0.4, 0.5) is 5.69 Å². The van der Waals surface area contributed by atoms with E-state index in [1.54, 1.807) is 18.6 Å². The molecule has 0 bridgehead atoms. The van der Waals surface area contributed by atoms with Crippen LogP contribution in [0.3, 0.4) is 0 Å². The van der Waals surface area contributed by atoms with Gasteiger partial charge in [0.15, 0.2) is 0 Å². The molecule has 1 atom stereocenters. The summed E-state index contributed by atoms with van der Waals surface area (Å²) in [4.78, 5) is 16.1. The van der Waals surface area contributed by atoms with E-state index in [1.165, 1.54) is 0 Å². The topological polar surface area (TPSA) is 71.8 Å². The molecule has 2 aromatic rings. The lowest BCUT2D eigenvalue weighted by Crippen LogP contribution is -2.37. The van der Waals surface area contributed by atoms with Gasteiger partial charge in [-0.15, -0.1) is 24.8 Å². The van der Waals surface area contributed by atoms with Gasteiger partial charge in [0, 0.05) is 25.1 Å². The minimum absolute atomic E-state index is 0. The standard InChI is InChI=1S/C15H19N5O.2ClH/c21-15(13-2-1-5-17-8-13)19-14-9-18-20(11-14)10-12-3-6-16-7-4-12;;/h3-4,6-7,9,11,13,17H,1-2,5,8,10H2,(H,19,21);2*1H. The molecular formula is C15H21Cl2N5O. The first kappa shape index (κ1) is 19.4. The first-order chi connectivity index (χ1) is 10.3. The van der Waals surface area contributed by atoms with Crippen LogP contribution in [-0.2, 0) is 11.3 Å². The fourth-order valence-corrected chi connectivity index (χ4v) is 2.51. The molecule has 1 fully saturated rings. The van der Waals surface area contributed by atoms with Crippen LogP contribution in [0.25, 0.3) is 0 Å². The zero-order chi connectivity index (χ0) is 14.5. The van der Waals surface area contributed by atoms with Crippen molar-refractivity contribution in [1.82, 2.24) is 20.1 Å². The van der Waals surface area contributed by atoms with Crippen molar-refractivity contribution in [3.05, 3.63) is 42.5 Å². The van der Waals surface area contributed by atoms with Crippen LogP contribution in [-0.4, -0.2) is 33.8 Å². The monoisotopic (exact) mass is 357 g/mol. The SMILES string of the molecule is Cl.Cl.O=C(Nc1cnn(Cc2ccncc2)c1)C1CCCNC1. The number of amides is 1. The highest BCUT2D eigenvalue weighted by molar-refractivity contribution is 5.92. The predicted molar refractivity (Wildman–Crippen MR) is 94.3 cm³/mol. The Morgan fingerprint density at radius 1 is 1.35 bits per heavy atom. The minimum Gasteiger partial charge on any atom is -0.323 e. The molecule has 3 heterocycles. The number of hydrogen-bond donors (Lipinski definition) is 2. The Hall–Kier alpha value is -1.63. The Balaban J connectivity index is 0.00000132. The van der Waals surface area contributed by atoms with E-state index in [2.05, 4.69) is 20.7 Å². The average molecular weight is 358 g/mol. The highest BCUT2D eigenvalue weighted by atomic mass is 35.5. The van der Waals surface area contributed by atoms with Crippen LogP contribution in [0.2, 0.25) is 0 Å². The number of aromatic nitrogens is 3. The van der Waals surface area contributed by atoms with Crippen LogP contribution in [0.5, 0.6) is 0 Å². The van der Waals surface area contributed by atoms with Crippen LogP contribution >= 0.6 is 24.8 Å². The summed E-state index contributed by atoms with van der Waals surface area (Å²) >= 11 is 0. The van der Waals surface area contributed by atoms with Crippen molar-refractivity contribution in [2.24, 2.45) is 5.92 Å². The second-order valence-corrected chi connectivity index (χ2v) is 5.31. The number of rotatable bonds is 4. The van der Waals surface area contributed by atoms with Gasteiger partial charge in [-0.3, -0.25) is 14.5 Å². The van der Waals surface area contributed by atoms with Gasteiger partial charge in [-0.05, 0) is 37.1 Å². The van der Waals surface area contributed by atoms with Gasteiger partial charge >= 0.3 is 0 Å². The summed E-state index contributed by atoms with van der Waals surface area (Å²) < 4.78 is 1.81. The van der Waals surface area contributed by atoms with E-state index < -0.39 is 0 Å². The third-order valence-corrected chi connectivity index (χ3v) is 3.66. The van der Waals surface area contributed by atoms with E-state index in [0.29, 0.717) is 6.54 Å². The number of pyridine rings is 1. The number of carbonyl (C=O) groups is 1. The molecule has 0 spiro atoms. The third-order valence-electron chi connectivity index (χ3n) is 3.66. The molecule has 126 valence electrons. The number of hydrogen-bond acceptors (Lipinski definition) is 4. The molecule has 0 aromatic carbocycles. The van der Waals surface area contributed by atoms with E-state index >= 15 is 0 Å². The van der Waals surface area contributed by atoms with Gasteiger partial charge in [0.25, 0.3) is 0 Å². The molecule has 1 aliphatic heterocycles. The van der Waals surface area contributed by atoms with Gasteiger partial charge in [-0.2, -0.15) is 5.10 Å². The maximum Gasteiger partial charge on any atom is 0.228 e. The molecule has 1 aliphatic rings. The van der Waals surface area contributed by atoms with Crippen molar-refractivity contribution in [1.29, 1.82) is 0 Å². The van der Waals surface area contributed by atoms with Gasteiger partial charge in [-0.25, -0.2) is 0 Å². The average Bonchev–Trinajstić information content (AvgIpc) is 2.96. The molecule has 0 saturated carbocycles. The van der Waals surface area contributed by atoms with E-state index in [0.717, 1.165) is 37.2 Å². The maximum atomic E-state index is 12.1. The molecule has 6 nitrogen and oxygen atoms in total. The number of carbonyl (C=O) groups excluding carboxylic acids is 1. The normalized spacial score (nSPS) is 16.8. The van der Waals surface area contributed by atoms with Crippen molar-refractivity contribution in [3.63, 3.8) is 0 Å². The van der Waals surface area contributed by atoms with Crippen molar-refractivity contribution in [2.75, 3.05) is 18.4 Å². The predicted octanol–water partition coefficient (Wildman–Crippen LogP) is 2.11. The summed E-state index contributed by atoms with van der Waals surface area (Å²) in [6.07, 6.45) is 9.07. The van der Waals surface area contributed by atoms with E-state index in [9.17, 15) is 4.79 Å². The smallest absolute Gasteiger partial charge is 0.228 e. The van der Waals surface area contributed by atoms with Crippen LogP contribution < -0.4 is 10.6 Å². The first-order valence-electron chi connectivity index (χ1n) is 7.24. The molecule has 1 unspecified atom stereocenters. The summed E-state index contributed by atoms with van der Waals surface area (Å²) in [5.41, 5.74) is 1.88. The molecular weight excluding hydrogens is 337 g/mol. The summed E-state index contributed by atoms with van der Waals surface area (Å²) in [6.45, 7) is 2.44. The Morgan fingerprint density at radius 2 is 2.13 bits per heavy atom. The number of anilines is 1. The Labute approximate surface area is 147 Å². The molecule has 0 aliphatic carbocycles. The van der Waals surface area contributed by atoms with Gasteiger partial charge < -0.3 is 10.6 Å². The van der Waals surface area contributed by atoms with Gasteiger partial charge in [0.05, 0.1) is 24.3 Å². The highest BCUT2D eigenvalue weighted by Crippen LogP contribution is 2.14. The van der Waals surface area contributed by atoms with Crippen molar-refractivity contribution >= 4 is 36.4 Å². The van der Waals surface area contributed by atoms with Crippen molar-refractivity contribution in [2.45, 2.75) is 19.4 Å². The van der Waals surface area contributed by atoms with E-state index in [1.807, 2.05) is 23.0 Å². The van der Waals surface area contributed by atoms with Crippen molar-refractivity contribution < 1.29 is 4.79 Å². The summed E-state index contributed by atoms with van der Waals surface area (Å²) in [7, 11) is 0. The summed E-state index contributed by atoms with van der Waals surface area (Å²) in [5.74, 6) is 0.132. The number of piperidine rings is 1. The van der Waals surface area contributed by atoms with Gasteiger partial charge in [-0.1, -0.05) is 0 Å². The second kappa shape index (κ2) is 9.50. The number of nitrogens with zero attached hydrogens (tertiary/aromatic N) is 3. The molecule has 1 amide bonds. The largest absolute Gasteiger partial charge is 0.323 e. The Morgan fingerprint density at radius 3 is 2.83 bits per heavy atom. The molecule has 2 aromatic heterocycles. The highest BCUT2D eigenvalue weighted by Gasteiger charge is 2.21. The van der Waals surface area contributed by atoms with Gasteiger partial charge in [0.1, 0.15) is 0 Å². The molecule has 2 N–H and O–H groups in total. The van der Waals surface area contributed by atoms with Crippen LogP contribution in [0, 0.1) is 5.92 Å². The van der Waals surface area contributed by atoms with Gasteiger partial charge in [0.2, 0.25) is 5.91 Å². The molecule has 23 heavy (non-hydrogen) atoms. The fourth-order valence-electron chi connectivity index (χ4n) is 2.51. The zero-order valence-electron chi connectivity index (χ0n) is 12.6. The lowest BCUT2D eigenvalue weighted by Gasteiger charge is -2.21. The maximum absolute atomic E-state index is 12.1. The fraction of sp³-hybridized carbons (Fsp3) is 0.400. The van der Waals surface area contributed by atoms with Crippen molar-refractivity contribution in [3.8, 4) is 0 Å². The minimum atomic E-state index is 0. The number of halogens is 2.